The van der Waals surface area contributed by atoms with Gasteiger partial charge in [-0.2, -0.15) is 15.0 Å². The molecule has 8 nitrogen and oxygen atoms in total. The van der Waals surface area contributed by atoms with Crippen molar-refractivity contribution < 1.29 is 0 Å². The monoisotopic (exact) mass is 356 g/mol. The zero-order valence-electron chi connectivity index (χ0n) is 14.6. The fraction of sp³-hybridized carbons (Fsp3) is 0.312. The Morgan fingerprint density at radius 3 is 2.48 bits per heavy atom. The summed E-state index contributed by atoms with van der Waals surface area (Å²) in [6.45, 7) is 4.04. The molecule has 0 bridgehead atoms. The van der Waals surface area contributed by atoms with E-state index >= 15 is 0 Å². The van der Waals surface area contributed by atoms with E-state index in [-0.39, 0.29) is 11.2 Å². The number of aromatic nitrogens is 6. The second-order valence-corrected chi connectivity index (χ2v) is 7.15. The van der Waals surface area contributed by atoms with Gasteiger partial charge in [0.15, 0.2) is 5.82 Å². The summed E-state index contributed by atoms with van der Waals surface area (Å²) in [6, 6.07) is 8.13. The average Bonchev–Trinajstić information content (AvgIpc) is 3.03. The Balaban J connectivity index is 1.77. The zero-order chi connectivity index (χ0) is 18.0. The third-order valence-corrected chi connectivity index (χ3v) is 4.45. The number of aryl methyl sites for hydroxylation is 1. The molecule has 1 atom stereocenters. The van der Waals surface area contributed by atoms with Gasteiger partial charge in [0.1, 0.15) is 5.82 Å². The summed E-state index contributed by atoms with van der Waals surface area (Å²) in [6.07, 6.45) is 0. The first-order chi connectivity index (χ1) is 11.9. The maximum atomic E-state index is 5.79. The summed E-state index contributed by atoms with van der Waals surface area (Å²) in [5.74, 6) is 2.07. The van der Waals surface area contributed by atoms with Crippen molar-refractivity contribution in [2.75, 3.05) is 24.7 Å². The van der Waals surface area contributed by atoms with E-state index in [0.29, 0.717) is 16.9 Å². The number of nitrogen functional groups attached to an aromatic ring is 1. The molecule has 9 heteroatoms. The zero-order valence-corrected chi connectivity index (χ0v) is 15.4. The van der Waals surface area contributed by atoms with Gasteiger partial charge in [0.05, 0.1) is 5.25 Å². The van der Waals surface area contributed by atoms with Gasteiger partial charge in [0.25, 0.3) is 0 Å². The molecule has 2 aromatic heterocycles. The molecule has 0 amide bonds. The third kappa shape index (κ3) is 4.05. The Morgan fingerprint density at radius 2 is 1.80 bits per heavy atom. The lowest BCUT2D eigenvalue weighted by molar-refractivity contribution is 0.858. The molecule has 0 aliphatic carbocycles. The number of aromatic amines is 1. The molecular weight excluding hydrogens is 336 g/mol. The third-order valence-electron chi connectivity index (χ3n) is 3.49. The first kappa shape index (κ1) is 17.2. The van der Waals surface area contributed by atoms with Crippen molar-refractivity contribution in [1.29, 1.82) is 0 Å². The van der Waals surface area contributed by atoms with E-state index in [0.717, 1.165) is 11.4 Å². The van der Waals surface area contributed by atoms with Crippen LogP contribution in [0.1, 0.15) is 23.6 Å². The molecule has 0 fully saturated rings. The number of nitrogens with zero attached hydrogens (tertiary/aromatic N) is 6. The molecule has 0 saturated carbocycles. The molecule has 0 saturated heterocycles. The van der Waals surface area contributed by atoms with Crippen LogP contribution in [-0.2, 0) is 0 Å². The first-order valence-electron chi connectivity index (χ1n) is 7.77. The van der Waals surface area contributed by atoms with Gasteiger partial charge in [-0.05, 0) is 13.8 Å². The van der Waals surface area contributed by atoms with Crippen molar-refractivity contribution >= 4 is 23.7 Å². The molecule has 25 heavy (non-hydrogen) atoms. The molecular formula is C16H20N8S. The van der Waals surface area contributed by atoms with Crippen LogP contribution in [0.2, 0.25) is 0 Å². The standard InChI is InChI=1S/C16H20N8S/c1-9-5-7-11(8-6-9)13-20-16(23-22-13)25-10(2)12-18-14(17)21-15(19-12)24(3)4/h5-8,10H,1-4H3,(H,20,22,23)(H2,17,18,19,21). The van der Waals surface area contributed by atoms with Gasteiger partial charge in [-0.1, -0.05) is 41.6 Å². The molecule has 1 unspecified atom stereocenters. The molecule has 3 aromatic rings. The number of H-pyrrole nitrogens is 1. The SMILES string of the molecule is Cc1ccc(-c2nc(SC(C)c3nc(N)nc(N(C)C)n3)n[nH]2)cc1. The average molecular weight is 356 g/mol. The van der Waals surface area contributed by atoms with E-state index in [2.05, 4.69) is 37.1 Å². The van der Waals surface area contributed by atoms with E-state index in [1.165, 1.54) is 17.3 Å². The molecule has 1 aromatic carbocycles. The molecule has 0 aliphatic heterocycles. The Labute approximate surface area is 150 Å². The highest BCUT2D eigenvalue weighted by Gasteiger charge is 2.17. The Bertz CT molecular complexity index is 859. The molecule has 0 radical (unpaired) electrons. The van der Waals surface area contributed by atoms with Crippen molar-refractivity contribution in [2.24, 2.45) is 0 Å². The fourth-order valence-corrected chi connectivity index (χ4v) is 2.90. The second kappa shape index (κ2) is 7.06. The summed E-state index contributed by atoms with van der Waals surface area (Å²) in [5.41, 5.74) is 7.99. The minimum absolute atomic E-state index is 0.0642. The minimum atomic E-state index is -0.0642. The number of benzene rings is 1. The van der Waals surface area contributed by atoms with Gasteiger partial charge in [0, 0.05) is 19.7 Å². The molecule has 3 rings (SSSR count). The van der Waals surface area contributed by atoms with Gasteiger partial charge in [-0.25, -0.2) is 4.98 Å². The van der Waals surface area contributed by atoms with Crippen molar-refractivity contribution in [2.45, 2.75) is 24.3 Å². The van der Waals surface area contributed by atoms with Crippen LogP contribution in [-0.4, -0.2) is 44.2 Å². The molecule has 130 valence electrons. The molecule has 2 heterocycles. The topological polar surface area (TPSA) is 110 Å². The van der Waals surface area contributed by atoms with Crippen molar-refractivity contribution in [3.8, 4) is 11.4 Å². The normalized spacial score (nSPS) is 12.2. The highest BCUT2D eigenvalue weighted by molar-refractivity contribution is 7.99. The van der Waals surface area contributed by atoms with Gasteiger partial charge in [0.2, 0.25) is 17.1 Å². The molecule has 0 aliphatic rings. The van der Waals surface area contributed by atoms with Crippen molar-refractivity contribution in [1.82, 2.24) is 30.1 Å². The predicted molar refractivity (Wildman–Crippen MR) is 99.4 cm³/mol. The lowest BCUT2D eigenvalue weighted by Crippen LogP contribution is -2.16. The number of rotatable bonds is 5. The highest BCUT2D eigenvalue weighted by Crippen LogP contribution is 2.32. The van der Waals surface area contributed by atoms with E-state index < -0.39 is 0 Å². The lowest BCUT2D eigenvalue weighted by atomic mass is 10.1. The Kier molecular flexibility index (Phi) is 4.84. The van der Waals surface area contributed by atoms with Crippen molar-refractivity contribution in [3.05, 3.63) is 35.7 Å². The summed E-state index contributed by atoms with van der Waals surface area (Å²) >= 11 is 1.46. The van der Waals surface area contributed by atoms with Crippen LogP contribution >= 0.6 is 11.8 Å². The highest BCUT2D eigenvalue weighted by atomic mass is 32.2. The second-order valence-electron chi connectivity index (χ2n) is 5.84. The smallest absolute Gasteiger partial charge is 0.229 e. The van der Waals surface area contributed by atoms with Gasteiger partial charge in [-0.3, -0.25) is 5.10 Å². The van der Waals surface area contributed by atoms with Gasteiger partial charge in [-0.15, -0.1) is 5.10 Å². The molecule has 0 spiro atoms. The predicted octanol–water partition coefficient (Wildman–Crippen LogP) is 2.47. The molecule has 3 N–H and O–H groups in total. The largest absolute Gasteiger partial charge is 0.368 e. The number of nitrogens with one attached hydrogen (secondary N) is 1. The summed E-state index contributed by atoms with van der Waals surface area (Å²) in [4.78, 5) is 19.1. The van der Waals surface area contributed by atoms with E-state index in [1.807, 2.05) is 45.3 Å². The summed E-state index contributed by atoms with van der Waals surface area (Å²) < 4.78 is 0. The number of thioether (sulfide) groups is 1. The van der Waals surface area contributed by atoms with Gasteiger partial charge >= 0.3 is 0 Å². The maximum absolute atomic E-state index is 5.79. The fourth-order valence-electron chi connectivity index (χ4n) is 2.13. The Hall–Kier alpha value is -2.68. The summed E-state index contributed by atoms with van der Waals surface area (Å²) in [7, 11) is 3.72. The minimum Gasteiger partial charge on any atom is -0.368 e. The lowest BCUT2D eigenvalue weighted by Gasteiger charge is -2.13. The number of hydrogen-bond acceptors (Lipinski definition) is 8. The van der Waals surface area contributed by atoms with Crippen LogP contribution in [0, 0.1) is 6.92 Å². The van der Waals surface area contributed by atoms with Gasteiger partial charge < -0.3 is 10.6 Å². The summed E-state index contributed by atoms with van der Waals surface area (Å²) in [5, 5.41) is 7.81. The van der Waals surface area contributed by atoms with Crippen LogP contribution < -0.4 is 10.6 Å². The van der Waals surface area contributed by atoms with Crippen LogP contribution in [0.5, 0.6) is 0 Å². The van der Waals surface area contributed by atoms with Crippen LogP contribution in [0.4, 0.5) is 11.9 Å². The van der Waals surface area contributed by atoms with Crippen molar-refractivity contribution in [3.63, 3.8) is 0 Å². The Morgan fingerprint density at radius 1 is 1.08 bits per heavy atom. The quantitative estimate of drug-likeness (QED) is 0.671. The number of nitrogens with two attached hydrogens (primary N) is 1. The number of anilines is 2. The maximum Gasteiger partial charge on any atom is 0.229 e. The van der Waals surface area contributed by atoms with E-state index in [9.17, 15) is 0 Å². The van der Waals surface area contributed by atoms with Crippen LogP contribution in [0.15, 0.2) is 29.4 Å². The van der Waals surface area contributed by atoms with Crippen LogP contribution in [0.3, 0.4) is 0 Å². The number of hydrogen-bond donors (Lipinski definition) is 2. The van der Waals surface area contributed by atoms with Crippen LogP contribution in [0.25, 0.3) is 11.4 Å². The van der Waals surface area contributed by atoms with E-state index in [4.69, 9.17) is 5.73 Å². The van der Waals surface area contributed by atoms with E-state index in [1.54, 1.807) is 4.90 Å². The first-order valence-corrected chi connectivity index (χ1v) is 8.65.